The van der Waals surface area contributed by atoms with Gasteiger partial charge in [0.15, 0.2) is 0 Å². The molecule has 108 valence electrons. The number of carboxylic acids is 1. The van der Waals surface area contributed by atoms with Crippen LogP contribution in [-0.2, 0) is 17.6 Å². The number of aliphatic carboxylic acids is 1. The molecule has 1 aliphatic carbocycles. The molecule has 1 aromatic carbocycles. The predicted octanol–water partition coefficient (Wildman–Crippen LogP) is 1.13. The van der Waals surface area contributed by atoms with Crippen LogP contribution in [-0.4, -0.2) is 34.9 Å². The molecule has 0 heterocycles. The van der Waals surface area contributed by atoms with E-state index in [9.17, 15) is 9.59 Å². The third kappa shape index (κ3) is 3.48. The molecule has 0 bridgehead atoms. The zero-order chi connectivity index (χ0) is 14.5. The maximum absolute atomic E-state index is 11.7. The van der Waals surface area contributed by atoms with Gasteiger partial charge in [-0.05, 0) is 42.5 Å². The Morgan fingerprint density at radius 2 is 2.00 bits per heavy atom. The van der Waals surface area contributed by atoms with Gasteiger partial charge in [-0.25, -0.2) is 9.59 Å². The van der Waals surface area contributed by atoms with Gasteiger partial charge in [-0.3, -0.25) is 0 Å². The fourth-order valence-corrected chi connectivity index (χ4v) is 2.36. The van der Waals surface area contributed by atoms with Crippen molar-refractivity contribution in [3.8, 4) is 0 Å². The summed E-state index contributed by atoms with van der Waals surface area (Å²) < 4.78 is 0. The molecule has 0 saturated carbocycles. The molecule has 2 rings (SSSR count). The van der Waals surface area contributed by atoms with E-state index in [1.54, 1.807) is 0 Å². The number of anilines is 1. The van der Waals surface area contributed by atoms with E-state index in [0.717, 1.165) is 19.3 Å². The van der Waals surface area contributed by atoms with Crippen LogP contribution in [0, 0.1) is 0 Å². The Labute approximate surface area is 116 Å². The summed E-state index contributed by atoms with van der Waals surface area (Å²) >= 11 is 0. The summed E-state index contributed by atoms with van der Waals surface area (Å²) in [5.41, 5.74) is 3.18. The van der Waals surface area contributed by atoms with Crippen molar-refractivity contribution >= 4 is 17.7 Å². The van der Waals surface area contributed by atoms with Crippen molar-refractivity contribution in [3.63, 3.8) is 0 Å². The number of carbonyl (C=O) groups is 2. The van der Waals surface area contributed by atoms with Crippen molar-refractivity contribution in [3.05, 3.63) is 29.3 Å². The van der Waals surface area contributed by atoms with E-state index in [2.05, 4.69) is 10.6 Å². The fraction of sp³-hybridized carbons (Fsp3) is 0.429. The number of amides is 2. The van der Waals surface area contributed by atoms with Crippen LogP contribution in [0.3, 0.4) is 0 Å². The van der Waals surface area contributed by atoms with Crippen molar-refractivity contribution < 1.29 is 19.8 Å². The molecule has 0 aliphatic heterocycles. The minimum absolute atomic E-state index is 0.0209. The molecule has 6 heteroatoms. The van der Waals surface area contributed by atoms with Crippen LogP contribution in [0.4, 0.5) is 10.5 Å². The van der Waals surface area contributed by atoms with E-state index < -0.39 is 18.0 Å². The number of aliphatic hydroxyl groups excluding tert-OH is 1. The van der Waals surface area contributed by atoms with E-state index in [1.165, 1.54) is 11.1 Å². The predicted molar refractivity (Wildman–Crippen MR) is 73.7 cm³/mol. The van der Waals surface area contributed by atoms with Gasteiger partial charge in [-0.15, -0.1) is 0 Å². The van der Waals surface area contributed by atoms with Crippen LogP contribution in [0.1, 0.15) is 24.0 Å². The molecule has 0 fully saturated rings. The maximum Gasteiger partial charge on any atom is 0.326 e. The number of hydrogen-bond acceptors (Lipinski definition) is 3. The molecule has 0 radical (unpaired) electrons. The zero-order valence-electron chi connectivity index (χ0n) is 11.1. The SMILES string of the molecule is O=C(Nc1ccc2c(c1)CCC2)NC(CCO)C(=O)O. The molecule has 0 aromatic heterocycles. The lowest BCUT2D eigenvalue weighted by atomic mass is 10.1. The number of nitrogens with one attached hydrogen (secondary N) is 2. The fourth-order valence-electron chi connectivity index (χ4n) is 2.36. The van der Waals surface area contributed by atoms with Gasteiger partial charge in [-0.2, -0.15) is 0 Å². The number of rotatable bonds is 5. The number of aliphatic hydroxyl groups is 1. The highest BCUT2D eigenvalue weighted by Crippen LogP contribution is 2.24. The Bertz CT molecular complexity index is 516. The lowest BCUT2D eigenvalue weighted by Gasteiger charge is -2.14. The average Bonchev–Trinajstić information content (AvgIpc) is 2.85. The Balaban J connectivity index is 1.95. The lowest BCUT2D eigenvalue weighted by molar-refractivity contribution is -0.139. The van der Waals surface area contributed by atoms with Gasteiger partial charge in [-0.1, -0.05) is 6.07 Å². The summed E-state index contributed by atoms with van der Waals surface area (Å²) in [6.07, 6.45) is 3.18. The number of hydrogen-bond donors (Lipinski definition) is 4. The molecule has 6 nitrogen and oxygen atoms in total. The van der Waals surface area contributed by atoms with Crippen molar-refractivity contribution in [1.82, 2.24) is 5.32 Å². The second-order valence-corrected chi connectivity index (χ2v) is 4.84. The third-order valence-corrected chi connectivity index (χ3v) is 3.38. The largest absolute Gasteiger partial charge is 0.480 e. The molecule has 1 unspecified atom stereocenters. The minimum Gasteiger partial charge on any atom is -0.480 e. The first-order chi connectivity index (χ1) is 9.60. The first-order valence-electron chi connectivity index (χ1n) is 6.63. The standard InChI is InChI=1S/C14H18N2O4/c17-7-6-12(13(18)19)16-14(20)15-11-5-4-9-2-1-3-10(9)8-11/h4-5,8,12,17H,1-3,6-7H2,(H,18,19)(H2,15,16,20). The van der Waals surface area contributed by atoms with Crippen molar-refractivity contribution in [2.75, 3.05) is 11.9 Å². The molecular formula is C14H18N2O4. The van der Waals surface area contributed by atoms with Crippen LogP contribution in [0.2, 0.25) is 0 Å². The van der Waals surface area contributed by atoms with E-state index in [4.69, 9.17) is 10.2 Å². The van der Waals surface area contributed by atoms with Crippen LogP contribution in [0.25, 0.3) is 0 Å². The van der Waals surface area contributed by atoms with Crippen LogP contribution in [0.15, 0.2) is 18.2 Å². The highest BCUT2D eigenvalue weighted by atomic mass is 16.4. The average molecular weight is 278 g/mol. The quantitative estimate of drug-likeness (QED) is 0.649. The Kier molecular flexibility index (Phi) is 4.57. The molecule has 1 atom stereocenters. The summed E-state index contributed by atoms with van der Waals surface area (Å²) in [5.74, 6) is -1.16. The van der Waals surface area contributed by atoms with Crippen LogP contribution >= 0.6 is 0 Å². The molecule has 2 amide bonds. The Morgan fingerprint density at radius 1 is 1.25 bits per heavy atom. The summed E-state index contributed by atoms with van der Waals surface area (Å²) in [5, 5.41) is 22.6. The van der Waals surface area contributed by atoms with Crippen molar-refractivity contribution in [2.45, 2.75) is 31.7 Å². The van der Waals surface area contributed by atoms with Gasteiger partial charge in [0, 0.05) is 18.7 Å². The second-order valence-electron chi connectivity index (χ2n) is 4.84. The number of fused-ring (bicyclic) bond motifs is 1. The van der Waals surface area contributed by atoms with Gasteiger partial charge in [0.2, 0.25) is 0 Å². The number of benzene rings is 1. The van der Waals surface area contributed by atoms with Gasteiger partial charge in [0.1, 0.15) is 6.04 Å². The normalized spacial score (nSPS) is 14.4. The Hall–Kier alpha value is -2.08. The highest BCUT2D eigenvalue weighted by Gasteiger charge is 2.19. The number of carboxylic acid groups (broad SMARTS) is 1. The zero-order valence-corrected chi connectivity index (χ0v) is 11.1. The van der Waals surface area contributed by atoms with Gasteiger partial charge in [0.25, 0.3) is 0 Å². The topological polar surface area (TPSA) is 98.7 Å². The minimum atomic E-state index is -1.16. The molecule has 0 saturated heterocycles. The summed E-state index contributed by atoms with van der Waals surface area (Å²) in [7, 11) is 0. The molecule has 20 heavy (non-hydrogen) atoms. The monoisotopic (exact) mass is 278 g/mol. The first-order valence-corrected chi connectivity index (χ1v) is 6.63. The molecule has 0 spiro atoms. The Morgan fingerprint density at radius 3 is 2.70 bits per heavy atom. The van der Waals surface area contributed by atoms with E-state index >= 15 is 0 Å². The number of aryl methyl sites for hydroxylation is 2. The van der Waals surface area contributed by atoms with E-state index in [1.807, 2.05) is 18.2 Å². The molecule has 4 N–H and O–H groups in total. The van der Waals surface area contributed by atoms with Crippen LogP contribution < -0.4 is 10.6 Å². The van der Waals surface area contributed by atoms with Gasteiger partial charge >= 0.3 is 12.0 Å². The second kappa shape index (κ2) is 6.38. The molecule has 1 aromatic rings. The summed E-state index contributed by atoms with van der Waals surface area (Å²) in [6.45, 7) is -0.296. The van der Waals surface area contributed by atoms with Gasteiger partial charge in [0.05, 0.1) is 0 Å². The van der Waals surface area contributed by atoms with Gasteiger partial charge < -0.3 is 20.8 Å². The number of carbonyl (C=O) groups excluding carboxylic acids is 1. The first kappa shape index (κ1) is 14.3. The highest BCUT2D eigenvalue weighted by molar-refractivity contribution is 5.92. The lowest BCUT2D eigenvalue weighted by Crippen LogP contribution is -2.43. The van der Waals surface area contributed by atoms with Crippen LogP contribution in [0.5, 0.6) is 0 Å². The molecule has 1 aliphatic rings. The van der Waals surface area contributed by atoms with Crippen molar-refractivity contribution in [2.24, 2.45) is 0 Å². The summed E-state index contributed by atoms with van der Waals surface area (Å²) in [4.78, 5) is 22.6. The third-order valence-electron chi connectivity index (χ3n) is 3.38. The van der Waals surface area contributed by atoms with E-state index in [-0.39, 0.29) is 13.0 Å². The van der Waals surface area contributed by atoms with Crippen molar-refractivity contribution in [1.29, 1.82) is 0 Å². The smallest absolute Gasteiger partial charge is 0.326 e. The molecular weight excluding hydrogens is 260 g/mol. The summed E-state index contributed by atoms with van der Waals surface area (Å²) in [6, 6.07) is 4.05. The number of urea groups is 1. The maximum atomic E-state index is 11.7. The van der Waals surface area contributed by atoms with E-state index in [0.29, 0.717) is 5.69 Å².